The maximum Gasteiger partial charge on any atom is 0.310 e. The molecule has 0 amide bonds. The molecular formula is C24H28N2O3S. The Hall–Kier alpha value is -2.47. The van der Waals surface area contributed by atoms with E-state index in [0.29, 0.717) is 24.9 Å². The fourth-order valence-corrected chi connectivity index (χ4v) is 4.47. The van der Waals surface area contributed by atoms with Gasteiger partial charge in [0.05, 0.1) is 24.3 Å². The van der Waals surface area contributed by atoms with Crippen molar-refractivity contribution in [3.8, 4) is 16.9 Å². The summed E-state index contributed by atoms with van der Waals surface area (Å²) in [5.41, 5.74) is 4.46. The maximum absolute atomic E-state index is 12.1. The highest BCUT2D eigenvalue weighted by atomic mass is 32.1. The number of ether oxygens (including phenoxy) is 1. The van der Waals surface area contributed by atoms with E-state index < -0.39 is 11.9 Å². The van der Waals surface area contributed by atoms with Gasteiger partial charge in [-0.05, 0) is 66.5 Å². The summed E-state index contributed by atoms with van der Waals surface area (Å²) in [4.78, 5) is 12.1. The second kappa shape index (κ2) is 9.13. The van der Waals surface area contributed by atoms with Crippen LogP contribution in [0.5, 0.6) is 5.75 Å². The van der Waals surface area contributed by atoms with Crippen molar-refractivity contribution in [2.75, 3.05) is 6.61 Å². The molecule has 2 unspecified atom stereocenters. The second-order valence-electron chi connectivity index (χ2n) is 8.50. The summed E-state index contributed by atoms with van der Waals surface area (Å²) in [6, 6.07) is 11.9. The van der Waals surface area contributed by atoms with Crippen LogP contribution in [0.2, 0.25) is 0 Å². The van der Waals surface area contributed by atoms with Crippen LogP contribution in [0.1, 0.15) is 57.4 Å². The lowest BCUT2D eigenvalue weighted by atomic mass is 9.86. The molecule has 1 aromatic heterocycles. The van der Waals surface area contributed by atoms with E-state index in [1.54, 1.807) is 0 Å². The van der Waals surface area contributed by atoms with Gasteiger partial charge in [-0.2, -0.15) is 8.75 Å². The highest BCUT2D eigenvalue weighted by molar-refractivity contribution is 7.00. The number of aliphatic carboxylic acids is 1. The molecule has 1 N–H and O–H groups in total. The minimum absolute atomic E-state index is 0.364. The largest absolute Gasteiger partial charge is 0.493 e. The van der Waals surface area contributed by atoms with Gasteiger partial charge in [-0.3, -0.25) is 4.79 Å². The molecule has 6 heteroatoms. The molecule has 4 rings (SSSR count). The van der Waals surface area contributed by atoms with E-state index in [9.17, 15) is 9.90 Å². The van der Waals surface area contributed by atoms with Gasteiger partial charge in [0, 0.05) is 5.56 Å². The van der Waals surface area contributed by atoms with Gasteiger partial charge in [0.25, 0.3) is 0 Å². The molecule has 1 fully saturated rings. The van der Waals surface area contributed by atoms with E-state index in [1.807, 2.05) is 36.4 Å². The first-order chi connectivity index (χ1) is 14.5. The maximum atomic E-state index is 12.1. The van der Waals surface area contributed by atoms with Gasteiger partial charge in [-0.15, -0.1) is 0 Å². The first kappa shape index (κ1) is 20.8. The van der Waals surface area contributed by atoms with Gasteiger partial charge in [0.1, 0.15) is 16.8 Å². The van der Waals surface area contributed by atoms with Crippen LogP contribution >= 0.6 is 11.7 Å². The number of hydrogen-bond acceptors (Lipinski definition) is 5. The smallest absolute Gasteiger partial charge is 0.310 e. The third-order valence-electron chi connectivity index (χ3n) is 5.86. The van der Waals surface area contributed by atoms with Crippen molar-refractivity contribution in [1.29, 1.82) is 0 Å². The zero-order valence-corrected chi connectivity index (χ0v) is 18.3. The summed E-state index contributed by atoms with van der Waals surface area (Å²) in [7, 11) is 0. The molecule has 1 aliphatic rings. The Morgan fingerprint density at radius 2 is 2.00 bits per heavy atom. The van der Waals surface area contributed by atoms with E-state index in [1.165, 1.54) is 24.6 Å². The van der Waals surface area contributed by atoms with Crippen molar-refractivity contribution in [3.63, 3.8) is 0 Å². The number of carboxylic acid groups (broad SMARTS) is 1. The zero-order valence-electron chi connectivity index (χ0n) is 17.5. The van der Waals surface area contributed by atoms with E-state index in [2.05, 4.69) is 22.6 Å². The Morgan fingerprint density at radius 3 is 2.73 bits per heavy atom. The Balaban J connectivity index is 1.71. The Labute approximate surface area is 181 Å². The molecule has 0 aliphatic heterocycles. The molecule has 0 spiro atoms. The molecule has 0 saturated heterocycles. The van der Waals surface area contributed by atoms with E-state index in [4.69, 9.17) is 4.74 Å². The highest BCUT2D eigenvalue weighted by Gasteiger charge is 2.25. The second-order valence-corrected chi connectivity index (χ2v) is 9.03. The Bertz CT molecular complexity index is 1030. The average Bonchev–Trinajstić information content (AvgIpc) is 3.45. The minimum atomic E-state index is -0.769. The Morgan fingerprint density at radius 1 is 1.20 bits per heavy atom. The molecule has 5 nitrogen and oxygen atoms in total. The van der Waals surface area contributed by atoms with Crippen LogP contribution in [0.25, 0.3) is 22.2 Å². The number of hydrogen-bond donors (Lipinski definition) is 1. The van der Waals surface area contributed by atoms with Crippen LogP contribution in [0.3, 0.4) is 0 Å². The van der Waals surface area contributed by atoms with E-state index in [0.717, 1.165) is 46.3 Å². The number of benzene rings is 2. The molecule has 2 atom stereocenters. The lowest BCUT2D eigenvalue weighted by Gasteiger charge is -2.20. The molecule has 1 saturated carbocycles. The van der Waals surface area contributed by atoms with Crippen LogP contribution < -0.4 is 4.74 Å². The lowest BCUT2D eigenvalue weighted by molar-refractivity contribution is -0.139. The van der Waals surface area contributed by atoms with Crippen LogP contribution in [0, 0.1) is 11.8 Å². The summed E-state index contributed by atoms with van der Waals surface area (Å²) in [6.07, 6.45) is 5.18. The normalized spacial score (nSPS) is 15.8. The predicted molar refractivity (Wildman–Crippen MR) is 120 cm³/mol. The average molecular weight is 425 g/mol. The summed E-state index contributed by atoms with van der Waals surface area (Å²) in [5, 5.41) is 9.92. The van der Waals surface area contributed by atoms with Crippen molar-refractivity contribution in [1.82, 2.24) is 8.75 Å². The number of fused-ring (bicyclic) bond motifs is 1. The highest BCUT2D eigenvalue weighted by Crippen LogP contribution is 2.38. The predicted octanol–water partition coefficient (Wildman–Crippen LogP) is 6.14. The molecule has 0 radical (unpaired) electrons. The molecule has 3 aromatic rings. The van der Waals surface area contributed by atoms with Crippen molar-refractivity contribution in [2.24, 2.45) is 11.8 Å². The molecule has 1 aliphatic carbocycles. The van der Waals surface area contributed by atoms with E-state index in [-0.39, 0.29) is 0 Å². The summed E-state index contributed by atoms with van der Waals surface area (Å²) < 4.78 is 14.8. The monoisotopic (exact) mass is 424 g/mol. The SMILES string of the molecule is CCCC(C)CC(C(=O)O)c1ccc(OCC2CC2)c(-c2ccc3nsnc3c2)c1. The third-order valence-corrected chi connectivity index (χ3v) is 6.42. The first-order valence-corrected chi connectivity index (χ1v) is 11.5. The van der Waals surface area contributed by atoms with Gasteiger partial charge in [0.15, 0.2) is 0 Å². The number of rotatable bonds is 10. The van der Waals surface area contributed by atoms with Crippen LogP contribution in [-0.4, -0.2) is 26.4 Å². The minimum Gasteiger partial charge on any atom is -0.493 e. The van der Waals surface area contributed by atoms with Crippen molar-refractivity contribution >= 4 is 28.7 Å². The molecular weight excluding hydrogens is 396 g/mol. The summed E-state index contributed by atoms with van der Waals surface area (Å²) in [6.45, 7) is 4.99. The van der Waals surface area contributed by atoms with Crippen molar-refractivity contribution < 1.29 is 14.6 Å². The van der Waals surface area contributed by atoms with Gasteiger partial charge in [-0.25, -0.2) is 0 Å². The molecule has 158 valence electrons. The molecule has 30 heavy (non-hydrogen) atoms. The van der Waals surface area contributed by atoms with Crippen LogP contribution in [-0.2, 0) is 4.79 Å². The third kappa shape index (κ3) is 4.81. The number of carboxylic acids is 1. The first-order valence-electron chi connectivity index (χ1n) is 10.8. The summed E-state index contributed by atoms with van der Waals surface area (Å²) >= 11 is 1.20. The fourth-order valence-electron chi connectivity index (χ4n) is 3.95. The quantitative estimate of drug-likeness (QED) is 0.423. The topological polar surface area (TPSA) is 72.3 Å². The molecule has 0 bridgehead atoms. The van der Waals surface area contributed by atoms with Gasteiger partial charge in [0.2, 0.25) is 0 Å². The lowest BCUT2D eigenvalue weighted by Crippen LogP contribution is -2.15. The fraction of sp³-hybridized carbons (Fsp3) is 0.458. The van der Waals surface area contributed by atoms with Crippen molar-refractivity contribution in [3.05, 3.63) is 42.0 Å². The Kier molecular flexibility index (Phi) is 6.32. The number of carbonyl (C=O) groups is 1. The molecule has 1 heterocycles. The number of aromatic nitrogens is 2. The zero-order chi connectivity index (χ0) is 21.1. The van der Waals surface area contributed by atoms with Crippen molar-refractivity contribution in [2.45, 2.75) is 51.9 Å². The van der Waals surface area contributed by atoms with Gasteiger partial charge >= 0.3 is 5.97 Å². The standard InChI is InChI=1S/C24H28N2O3S/c1-3-4-15(2)11-20(24(27)28)17-8-10-23(29-14-16-5-6-16)19(12-17)18-7-9-21-22(13-18)26-30-25-21/h7-10,12-13,15-16,20H,3-6,11,14H2,1-2H3,(H,27,28). The van der Waals surface area contributed by atoms with Crippen LogP contribution in [0.4, 0.5) is 0 Å². The number of nitrogens with zero attached hydrogens (tertiary/aromatic N) is 2. The van der Waals surface area contributed by atoms with E-state index >= 15 is 0 Å². The molecule has 2 aromatic carbocycles. The van der Waals surface area contributed by atoms with Gasteiger partial charge in [-0.1, -0.05) is 38.8 Å². The summed E-state index contributed by atoms with van der Waals surface area (Å²) in [5.74, 6) is 0.522. The van der Waals surface area contributed by atoms with Gasteiger partial charge < -0.3 is 9.84 Å². The van der Waals surface area contributed by atoms with Crippen LogP contribution in [0.15, 0.2) is 36.4 Å².